The van der Waals surface area contributed by atoms with E-state index >= 15 is 0 Å². The summed E-state index contributed by atoms with van der Waals surface area (Å²) in [4.78, 5) is 0. The van der Waals surface area contributed by atoms with Crippen LogP contribution >= 0.6 is 0 Å². The minimum absolute atomic E-state index is 0.546. The van der Waals surface area contributed by atoms with E-state index in [1.165, 1.54) is 5.56 Å². The van der Waals surface area contributed by atoms with Gasteiger partial charge in [-0.15, -0.1) is 0 Å². The first-order valence-corrected chi connectivity index (χ1v) is 7.24. The Morgan fingerprint density at radius 3 is 2.67 bits per heavy atom. The van der Waals surface area contributed by atoms with Crippen LogP contribution in [0.25, 0.3) is 11.3 Å². The fourth-order valence-electron chi connectivity index (χ4n) is 2.82. The lowest BCUT2D eigenvalue weighted by Crippen LogP contribution is -2.14. The maximum atomic E-state index is 5.89. The number of hydrogen-bond acceptors (Lipinski definition) is 4. The largest absolute Gasteiger partial charge is 0.496 e. The van der Waals surface area contributed by atoms with Gasteiger partial charge in [-0.3, -0.25) is 4.68 Å². The smallest absolute Gasteiger partial charge is 0.128 e. The molecule has 1 aromatic carbocycles. The van der Waals surface area contributed by atoms with Crippen LogP contribution in [0.15, 0.2) is 24.3 Å². The Morgan fingerprint density at radius 2 is 2.05 bits per heavy atom. The van der Waals surface area contributed by atoms with E-state index in [4.69, 9.17) is 15.2 Å². The average Bonchev–Trinajstić information content (AvgIpc) is 2.87. The number of rotatable bonds is 3. The zero-order valence-electron chi connectivity index (χ0n) is 12.5. The van der Waals surface area contributed by atoms with Gasteiger partial charge >= 0.3 is 0 Å². The third-order valence-corrected chi connectivity index (χ3v) is 4.11. The van der Waals surface area contributed by atoms with Crippen LogP contribution in [0.5, 0.6) is 5.75 Å². The molecule has 1 aliphatic rings. The van der Waals surface area contributed by atoms with Crippen LogP contribution in [-0.4, -0.2) is 30.1 Å². The molecule has 5 heteroatoms. The van der Waals surface area contributed by atoms with Gasteiger partial charge in [0.15, 0.2) is 0 Å². The summed E-state index contributed by atoms with van der Waals surface area (Å²) in [6.45, 7) is 1.67. The van der Waals surface area contributed by atoms with Crippen molar-refractivity contribution in [1.82, 2.24) is 9.78 Å². The average molecular weight is 287 g/mol. The number of anilines is 1. The summed E-state index contributed by atoms with van der Waals surface area (Å²) in [5, 5.41) is 4.46. The van der Waals surface area contributed by atoms with Crippen LogP contribution in [0.2, 0.25) is 0 Å². The summed E-state index contributed by atoms with van der Waals surface area (Å²) >= 11 is 0. The molecular formula is C16H21N3O2. The number of methoxy groups -OCH3 is 1. The summed E-state index contributed by atoms with van der Waals surface area (Å²) in [5.41, 5.74) is 9.05. The SMILES string of the molecule is COc1ccc(C2CCOCC2)cc1-c1cc(N)n(C)n1. The third-order valence-electron chi connectivity index (χ3n) is 4.11. The molecule has 2 aromatic rings. The topological polar surface area (TPSA) is 62.3 Å². The van der Waals surface area contributed by atoms with Crippen molar-refractivity contribution in [3.63, 3.8) is 0 Å². The zero-order valence-corrected chi connectivity index (χ0v) is 12.5. The highest BCUT2D eigenvalue weighted by molar-refractivity contribution is 5.70. The van der Waals surface area contributed by atoms with Crippen LogP contribution in [0.4, 0.5) is 5.82 Å². The van der Waals surface area contributed by atoms with E-state index in [1.54, 1.807) is 11.8 Å². The second kappa shape index (κ2) is 5.77. The van der Waals surface area contributed by atoms with E-state index in [1.807, 2.05) is 19.2 Å². The highest BCUT2D eigenvalue weighted by atomic mass is 16.5. The van der Waals surface area contributed by atoms with Gasteiger partial charge in [0.1, 0.15) is 11.6 Å². The molecule has 0 amide bonds. The highest BCUT2D eigenvalue weighted by Gasteiger charge is 2.19. The molecule has 1 aliphatic heterocycles. The quantitative estimate of drug-likeness (QED) is 0.942. The van der Waals surface area contributed by atoms with Crippen LogP contribution in [0.1, 0.15) is 24.3 Å². The summed E-state index contributed by atoms with van der Waals surface area (Å²) in [6.07, 6.45) is 2.13. The van der Waals surface area contributed by atoms with E-state index in [-0.39, 0.29) is 0 Å². The second-order valence-corrected chi connectivity index (χ2v) is 5.42. The molecule has 3 rings (SSSR count). The molecule has 2 N–H and O–H groups in total. The van der Waals surface area contributed by atoms with Gasteiger partial charge in [0.05, 0.1) is 12.8 Å². The third kappa shape index (κ3) is 2.74. The highest BCUT2D eigenvalue weighted by Crippen LogP contribution is 2.35. The second-order valence-electron chi connectivity index (χ2n) is 5.42. The predicted molar refractivity (Wildman–Crippen MR) is 82.4 cm³/mol. The minimum atomic E-state index is 0.546. The summed E-state index contributed by atoms with van der Waals surface area (Å²) in [6, 6.07) is 8.22. The number of benzene rings is 1. The van der Waals surface area contributed by atoms with Gasteiger partial charge in [-0.25, -0.2) is 0 Å². The van der Waals surface area contributed by atoms with Gasteiger partial charge in [-0.2, -0.15) is 5.10 Å². The zero-order chi connectivity index (χ0) is 14.8. The maximum absolute atomic E-state index is 5.89. The van der Waals surface area contributed by atoms with E-state index in [0.717, 1.165) is 43.1 Å². The number of aryl methyl sites for hydroxylation is 1. The Labute approximate surface area is 124 Å². The van der Waals surface area contributed by atoms with Crippen molar-refractivity contribution in [1.29, 1.82) is 0 Å². The number of nitrogens with zero attached hydrogens (tertiary/aromatic N) is 2. The Bertz CT molecular complexity index is 611. The minimum Gasteiger partial charge on any atom is -0.496 e. The van der Waals surface area contributed by atoms with Gasteiger partial charge < -0.3 is 15.2 Å². The van der Waals surface area contributed by atoms with Crippen molar-refractivity contribution in [2.75, 3.05) is 26.1 Å². The molecule has 0 aliphatic carbocycles. The van der Waals surface area contributed by atoms with Gasteiger partial charge in [0.25, 0.3) is 0 Å². The number of hydrogen-bond donors (Lipinski definition) is 1. The van der Waals surface area contributed by atoms with Crippen LogP contribution in [0.3, 0.4) is 0 Å². The van der Waals surface area contributed by atoms with Gasteiger partial charge in [0, 0.05) is 31.9 Å². The summed E-state index contributed by atoms with van der Waals surface area (Å²) in [7, 11) is 3.52. The monoisotopic (exact) mass is 287 g/mol. The lowest BCUT2D eigenvalue weighted by molar-refractivity contribution is 0.0853. The van der Waals surface area contributed by atoms with E-state index in [2.05, 4.69) is 17.2 Å². The molecule has 0 saturated carbocycles. The first kappa shape index (κ1) is 13.9. The summed E-state index contributed by atoms with van der Waals surface area (Å²) < 4.78 is 12.6. The van der Waals surface area contributed by atoms with Crippen LogP contribution in [-0.2, 0) is 11.8 Å². The van der Waals surface area contributed by atoms with Crippen molar-refractivity contribution >= 4 is 5.82 Å². The molecule has 0 unspecified atom stereocenters. The fraction of sp³-hybridized carbons (Fsp3) is 0.438. The Kier molecular flexibility index (Phi) is 3.84. The molecule has 2 heterocycles. The molecule has 0 radical (unpaired) electrons. The predicted octanol–water partition coefficient (Wildman–Crippen LogP) is 2.57. The van der Waals surface area contributed by atoms with Crippen molar-refractivity contribution in [3.8, 4) is 17.0 Å². The Hall–Kier alpha value is -2.01. The van der Waals surface area contributed by atoms with Gasteiger partial charge in [0.2, 0.25) is 0 Å². The number of nitrogen functional groups attached to an aromatic ring is 1. The van der Waals surface area contributed by atoms with Crippen molar-refractivity contribution < 1.29 is 9.47 Å². The summed E-state index contributed by atoms with van der Waals surface area (Å²) in [5.74, 6) is 2.01. The molecule has 0 spiro atoms. The van der Waals surface area contributed by atoms with Crippen LogP contribution in [0, 0.1) is 0 Å². The molecule has 1 fully saturated rings. The first-order valence-electron chi connectivity index (χ1n) is 7.24. The molecule has 0 bridgehead atoms. The van der Waals surface area contributed by atoms with Crippen molar-refractivity contribution in [2.45, 2.75) is 18.8 Å². The van der Waals surface area contributed by atoms with E-state index in [0.29, 0.717) is 11.7 Å². The maximum Gasteiger partial charge on any atom is 0.128 e. The molecule has 0 atom stereocenters. The normalized spacial score (nSPS) is 16.1. The van der Waals surface area contributed by atoms with E-state index < -0.39 is 0 Å². The number of ether oxygens (including phenoxy) is 2. The molecule has 5 nitrogen and oxygen atoms in total. The standard InChI is InChI=1S/C16H21N3O2/c1-19-16(17)10-14(18-19)13-9-12(3-4-15(13)20-2)11-5-7-21-8-6-11/h3-4,9-11H,5-8,17H2,1-2H3. The number of nitrogens with two attached hydrogens (primary N) is 1. The van der Waals surface area contributed by atoms with Gasteiger partial charge in [-0.1, -0.05) is 6.07 Å². The molecule has 1 aromatic heterocycles. The Balaban J connectivity index is 2.00. The first-order chi connectivity index (χ1) is 10.2. The molecule has 21 heavy (non-hydrogen) atoms. The molecule has 112 valence electrons. The van der Waals surface area contributed by atoms with E-state index in [9.17, 15) is 0 Å². The fourth-order valence-corrected chi connectivity index (χ4v) is 2.82. The van der Waals surface area contributed by atoms with Crippen molar-refractivity contribution in [3.05, 3.63) is 29.8 Å². The number of aromatic nitrogens is 2. The van der Waals surface area contributed by atoms with Crippen molar-refractivity contribution in [2.24, 2.45) is 7.05 Å². The lowest BCUT2D eigenvalue weighted by Gasteiger charge is -2.23. The Morgan fingerprint density at radius 1 is 1.29 bits per heavy atom. The molecule has 1 saturated heterocycles. The van der Waals surface area contributed by atoms with Gasteiger partial charge in [-0.05, 0) is 36.5 Å². The van der Waals surface area contributed by atoms with Crippen LogP contribution < -0.4 is 10.5 Å². The lowest BCUT2D eigenvalue weighted by atomic mass is 9.90. The molecular weight excluding hydrogens is 266 g/mol.